The molecule has 1 aromatic carbocycles. The van der Waals surface area contributed by atoms with Crippen LogP contribution in [0.15, 0.2) is 23.3 Å². The number of amides is 1. The van der Waals surface area contributed by atoms with E-state index in [4.69, 9.17) is 4.74 Å². The molecule has 0 saturated carbocycles. The molecule has 98 valence electrons. The van der Waals surface area contributed by atoms with Gasteiger partial charge in [-0.05, 0) is 32.9 Å². The first-order valence-corrected chi connectivity index (χ1v) is 5.31. The maximum absolute atomic E-state index is 11.2. The van der Waals surface area contributed by atoms with Crippen LogP contribution in [0.1, 0.15) is 26.3 Å². The van der Waals surface area contributed by atoms with Crippen LogP contribution >= 0.6 is 0 Å². The molecule has 0 spiro atoms. The molecule has 18 heavy (non-hydrogen) atoms. The van der Waals surface area contributed by atoms with Crippen molar-refractivity contribution in [3.63, 3.8) is 0 Å². The summed E-state index contributed by atoms with van der Waals surface area (Å²) in [5.41, 5.74) is 2.03. The lowest BCUT2D eigenvalue weighted by molar-refractivity contribution is 0.0529. The van der Waals surface area contributed by atoms with Gasteiger partial charge in [-0.2, -0.15) is 5.10 Å². The third kappa shape index (κ3) is 5.20. The lowest BCUT2D eigenvalue weighted by atomic mass is 10.2. The van der Waals surface area contributed by atoms with Crippen LogP contribution in [0.25, 0.3) is 0 Å². The average molecular weight is 252 g/mol. The number of hydrogen-bond acceptors (Lipinski definition) is 5. The van der Waals surface area contributed by atoms with Crippen LogP contribution < -0.4 is 5.43 Å². The van der Waals surface area contributed by atoms with Gasteiger partial charge >= 0.3 is 6.09 Å². The van der Waals surface area contributed by atoms with Gasteiger partial charge in [0.1, 0.15) is 17.1 Å². The Morgan fingerprint density at radius 2 is 1.83 bits per heavy atom. The Balaban J connectivity index is 2.57. The Hall–Kier alpha value is -2.24. The average Bonchev–Trinajstić information content (AvgIpc) is 2.12. The van der Waals surface area contributed by atoms with Crippen LogP contribution in [0.3, 0.4) is 0 Å². The minimum Gasteiger partial charge on any atom is -0.508 e. The number of nitrogens with zero attached hydrogens (tertiary/aromatic N) is 1. The Morgan fingerprint density at radius 1 is 1.28 bits per heavy atom. The normalized spacial score (nSPS) is 11.5. The molecule has 1 aromatic rings. The summed E-state index contributed by atoms with van der Waals surface area (Å²) in [6.45, 7) is 5.22. The molecule has 0 fully saturated rings. The zero-order valence-corrected chi connectivity index (χ0v) is 10.5. The van der Waals surface area contributed by atoms with Crippen LogP contribution in [-0.4, -0.2) is 28.1 Å². The molecule has 0 radical (unpaired) electrons. The molecule has 0 saturated heterocycles. The van der Waals surface area contributed by atoms with Crippen molar-refractivity contribution in [1.29, 1.82) is 0 Å². The molecule has 3 N–H and O–H groups in total. The van der Waals surface area contributed by atoms with Gasteiger partial charge in [0.2, 0.25) is 0 Å². The van der Waals surface area contributed by atoms with Crippen molar-refractivity contribution in [2.24, 2.45) is 5.10 Å². The van der Waals surface area contributed by atoms with Gasteiger partial charge in [0.25, 0.3) is 0 Å². The van der Waals surface area contributed by atoms with Crippen LogP contribution in [0, 0.1) is 0 Å². The smallest absolute Gasteiger partial charge is 0.428 e. The predicted octanol–water partition coefficient (Wildman–Crippen LogP) is 1.96. The molecule has 1 rings (SSSR count). The molecular weight excluding hydrogens is 236 g/mol. The number of nitrogens with one attached hydrogen (secondary N) is 1. The van der Waals surface area contributed by atoms with Gasteiger partial charge in [0.05, 0.1) is 6.21 Å². The summed E-state index contributed by atoms with van der Waals surface area (Å²) in [7, 11) is 0. The van der Waals surface area contributed by atoms with Gasteiger partial charge in [0, 0.05) is 11.6 Å². The highest BCUT2D eigenvalue weighted by atomic mass is 16.6. The number of hydrogen-bond donors (Lipinski definition) is 3. The molecule has 1 amide bonds. The molecule has 6 nitrogen and oxygen atoms in total. The number of rotatable bonds is 2. The summed E-state index contributed by atoms with van der Waals surface area (Å²) in [5.74, 6) is -0.178. The summed E-state index contributed by atoms with van der Waals surface area (Å²) >= 11 is 0. The van der Waals surface area contributed by atoms with E-state index in [1.165, 1.54) is 24.4 Å². The number of hydrazone groups is 1. The summed E-state index contributed by atoms with van der Waals surface area (Å²) in [6, 6.07) is 3.97. The van der Waals surface area contributed by atoms with E-state index in [0.717, 1.165) is 0 Å². The van der Waals surface area contributed by atoms with E-state index in [-0.39, 0.29) is 11.5 Å². The molecule has 0 atom stereocenters. The molecule has 0 aliphatic heterocycles. The zero-order chi connectivity index (χ0) is 13.8. The van der Waals surface area contributed by atoms with Gasteiger partial charge in [0.15, 0.2) is 0 Å². The molecule has 6 heteroatoms. The first kappa shape index (κ1) is 13.8. The monoisotopic (exact) mass is 252 g/mol. The number of phenolic OH excluding ortho intramolecular Hbond substituents is 2. The van der Waals surface area contributed by atoms with Gasteiger partial charge in [-0.1, -0.05) is 0 Å². The fraction of sp³-hybridized carbons (Fsp3) is 0.333. The highest BCUT2D eigenvalue weighted by Crippen LogP contribution is 2.18. The Bertz CT molecular complexity index is 443. The molecule has 0 unspecified atom stereocenters. The third-order valence-corrected chi connectivity index (χ3v) is 1.69. The first-order chi connectivity index (χ1) is 8.26. The van der Waals surface area contributed by atoms with Crippen molar-refractivity contribution in [3.05, 3.63) is 23.8 Å². The van der Waals surface area contributed by atoms with E-state index in [1.54, 1.807) is 20.8 Å². The van der Waals surface area contributed by atoms with E-state index >= 15 is 0 Å². The quantitative estimate of drug-likeness (QED) is 0.554. The SMILES string of the molecule is CC(C)(C)OC(=O)N/N=C/c1cc(O)cc(O)c1. The fourth-order valence-corrected chi connectivity index (χ4v) is 1.15. The minimum atomic E-state index is -0.678. The zero-order valence-electron chi connectivity index (χ0n) is 10.5. The standard InChI is InChI=1S/C12H16N2O4/c1-12(2,3)18-11(17)14-13-7-8-4-9(15)6-10(16)5-8/h4-7,15-16H,1-3H3,(H,14,17)/b13-7+. The summed E-state index contributed by atoms with van der Waals surface area (Å²) in [5, 5.41) is 22.1. The maximum Gasteiger partial charge on any atom is 0.428 e. The van der Waals surface area contributed by atoms with Crippen LogP contribution in [0.2, 0.25) is 0 Å². The highest BCUT2D eigenvalue weighted by molar-refractivity contribution is 5.82. The molecule has 0 heterocycles. The van der Waals surface area contributed by atoms with E-state index in [0.29, 0.717) is 5.56 Å². The van der Waals surface area contributed by atoms with Crippen molar-refractivity contribution in [2.45, 2.75) is 26.4 Å². The van der Waals surface area contributed by atoms with Crippen molar-refractivity contribution < 1.29 is 19.7 Å². The van der Waals surface area contributed by atoms with E-state index in [1.807, 2.05) is 0 Å². The first-order valence-electron chi connectivity index (χ1n) is 5.31. The summed E-state index contributed by atoms with van der Waals surface area (Å²) < 4.78 is 4.96. The lowest BCUT2D eigenvalue weighted by Gasteiger charge is -2.18. The van der Waals surface area contributed by atoms with Crippen molar-refractivity contribution >= 4 is 12.3 Å². The summed E-state index contributed by atoms with van der Waals surface area (Å²) in [4.78, 5) is 11.2. The number of phenols is 2. The largest absolute Gasteiger partial charge is 0.508 e. The molecule has 0 bridgehead atoms. The van der Waals surface area contributed by atoms with Gasteiger partial charge < -0.3 is 14.9 Å². The number of carbonyl (C=O) groups is 1. The van der Waals surface area contributed by atoms with Crippen molar-refractivity contribution in [2.75, 3.05) is 0 Å². The van der Waals surface area contributed by atoms with E-state index < -0.39 is 11.7 Å². The van der Waals surface area contributed by atoms with Gasteiger partial charge in [-0.3, -0.25) is 0 Å². The van der Waals surface area contributed by atoms with E-state index in [9.17, 15) is 15.0 Å². The second kappa shape index (κ2) is 5.39. The van der Waals surface area contributed by atoms with Crippen molar-refractivity contribution in [3.8, 4) is 11.5 Å². The van der Waals surface area contributed by atoms with Crippen LogP contribution in [0.4, 0.5) is 4.79 Å². The Kier molecular flexibility index (Phi) is 4.14. The van der Waals surface area contributed by atoms with Gasteiger partial charge in [-0.25, -0.2) is 10.2 Å². The highest BCUT2D eigenvalue weighted by Gasteiger charge is 2.15. The molecular formula is C12H16N2O4. The third-order valence-electron chi connectivity index (χ3n) is 1.69. The number of carbonyl (C=O) groups excluding carboxylic acids is 1. The fourth-order valence-electron chi connectivity index (χ4n) is 1.15. The molecule has 0 aromatic heterocycles. The number of ether oxygens (including phenoxy) is 1. The number of aromatic hydroxyl groups is 2. The second-order valence-corrected chi connectivity index (χ2v) is 4.65. The molecule has 0 aliphatic rings. The second-order valence-electron chi connectivity index (χ2n) is 4.65. The van der Waals surface area contributed by atoms with Crippen molar-refractivity contribution in [1.82, 2.24) is 5.43 Å². The predicted molar refractivity (Wildman–Crippen MR) is 66.7 cm³/mol. The number of benzene rings is 1. The lowest BCUT2D eigenvalue weighted by Crippen LogP contribution is -2.29. The van der Waals surface area contributed by atoms with Gasteiger partial charge in [-0.15, -0.1) is 0 Å². The summed E-state index contributed by atoms with van der Waals surface area (Å²) in [6.07, 6.45) is 0.603. The topological polar surface area (TPSA) is 91.2 Å². The molecule has 0 aliphatic carbocycles. The Morgan fingerprint density at radius 3 is 2.33 bits per heavy atom. The maximum atomic E-state index is 11.2. The van der Waals surface area contributed by atoms with Crippen LogP contribution in [-0.2, 0) is 4.74 Å². The van der Waals surface area contributed by atoms with E-state index in [2.05, 4.69) is 10.5 Å². The Labute approximate surface area is 105 Å². The minimum absolute atomic E-state index is 0.0891. The van der Waals surface area contributed by atoms with Crippen LogP contribution in [0.5, 0.6) is 11.5 Å².